The summed E-state index contributed by atoms with van der Waals surface area (Å²) in [5, 5.41) is 12.1. The van der Waals surface area contributed by atoms with Crippen molar-refractivity contribution in [1.82, 2.24) is 5.32 Å². The number of carboxylic acids is 1. The molecule has 25 heavy (non-hydrogen) atoms. The van der Waals surface area contributed by atoms with Gasteiger partial charge in [-0.2, -0.15) is 0 Å². The van der Waals surface area contributed by atoms with Crippen LogP contribution in [-0.4, -0.2) is 30.1 Å². The third kappa shape index (κ3) is 6.12. The van der Waals surface area contributed by atoms with Gasteiger partial charge < -0.3 is 15.2 Å². The fourth-order valence-corrected chi connectivity index (χ4v) is 2.51. The van der Waals surface area contributed by atoms with E-state index >= 15 is 0 Å². The number of carbonyl (C=O) groups is 2. The maximum atomic E-state index is 12.2. The second kappa shape index (κ2) is 9.08. The number of rotatable bonds is 8. The molecule has 1 amide bonds. The fourth-order valence-electron chi connectivity index (χ4n) is 2.31. The average Bonchev–Trinajstić information content (AvgIpc) is 2.60. The van der Waals surface area contributed by atoms with E-state index in [4.69, 9.17) is 21.4 Å². The van der Waals surface area contributed by atoms with E-state index in [9.17, 15) is 9.59 Å². The minimum absolute atomic E-state index is 0.0521. The number of carbonyl (C=O) groups excluding carboxylic acids is 1. The van der Waals surface area contributed by atoms with Crippen LogP contribution in [0.3, 0.4) is 0 Å². The van der Waals surface area contributed by atoms with E-state index in [0.717, 1.165) is 11.1 Å². The van der Waals surface area contributed by atoms with Gasteiger partial charge in [0.25, 0.3) is 0 Å². The molecule has 0 saturated carbocycles. The van der Waals surface area contributed by atoms with Crippen molar-refractivity contribution in [1.29, 1.82) is 0 Å². The summed E-state index contributed by atoms with van der Waals surface area (Å²) in [5.74, 6) is -0.834. The smallest absolute Gasteiger partial charge is 0.341 e. The predicted octanol–water partition coefficient (Wildman–Crippen LogP) is 3.27. The van der Waals surface area contributed by atoms with Gasteiger partial charge in [-0.25, -0.2) is 4.79 Å². The van der Waals surface area contributed by atoms with Crippen LogP contribution in [-0.2, 0) is 16.0 Å². The Bertz CT molecular complexity index is 730. The Morgan fingerprint density at radius 3 is 2.56 bits per heavy atom. The normalized spacial score (nSPS) is 11.6. The van der Waals surface area contributed by atoms with Crippen LogP contribution in [0.15, 0.2) is 48.5 Å². The summed E-state index contributed by atoms with van der Waals surface area (Å²) in [6.45, 7) is 1.99. The zero-order chi connectivity index (χ0) is 18.2. The van der Waals surface area contributed by atoms with Crippen molar-refractivity contribution >= 4 is 23.5 Å². The van der Waals surface area contributed by atoms with E-state index < -0.39 is 5.97 Å². The van der Waals surface area contributed by atoms with Gasteiger partial charge in [0.15, 0.2) is 6.61 Å². The van der Waals surface area contributed by atoms with Gasteiger partial charge in [-0.05, 0) is 48.7 Å². The Labute approximate surface area is 151 Å². The standard InChI is InChI=1S/C19H20ClNO4/c1-13(15-3-2-4-16(20)11-15)19(24)21-10-9-14-5-7-17(8-6-14)25-12-18(22)23/h2-8,11,13H,9-10,12H2,1H3,(H,21,24)(H,22,23). The van der Waals surface area contributed by atoms with E-state index in [0.29, 0.717) is 23.7 Å². The Morgan fingerprint density at radius 1 is 1.20 bits per heavy atom. The van der Waals surface area contributed by atoms with Gasteiger partial charge in [0, 0.05) is 11.6 Å². The first-order chi connectivity index (χ1) is 12.0. The van der Waals surface area contributed by atoms with Gasteiger partial charge >= 0.3 is 5.97 Å². The van der Waals surface area contributed by atoms with E-state index in [1.54, 1.807) is 24.3 Å². The minimum Gasteiger partial charge on any atom is -0.482 e. The molecule has 2 aromatic carbocycles. The van der Waals surface area contributed by atoms with Crippen molar-refractivity contribution in [3.05, 3.63) is 64.7 Å². The zero-order valence-electron chi connectivity index (χ0n) is 13.9. The van der Waals surface area contributed by atoms with Crippen molar-refractivity contribution in [2.24, 2.45) is 0 Å². The summed E-state index contributed by atoms with van der Waals surface area (Å²) in [4.78, 5) is 22.7. The lowest BCUT2D eigenvalue weighted by atomic mass is 10.0. The molecular formula is C19H20ClNO4. The van der Waals surface area contributed by atoms with Crippen molar-refractivity contribution in [2.45, 2.75) is 19.3 Å². The summed E-state index contributed by atoms with van der Waals surface area (Å²) in [5.41, 5.74) is 1.91. The summed E-state index contributed by atoms with van der Waals surface area (Å²) in [6.07, 6.45) is 0.674. The molecular weight excluding hydrogens is 342 g/mol. The number of halogens is 1. The topological polar surface area (TPSA) is 75.6 Å². The maximum Gasteiger partial charge on any atom is 0.341 e. The Balaban J connectivity index is 1.79. The second-order valence-electron chi connectivity index (χ2n) is 5.64. The molecule has 5 nitrogen and oxygen atoms in total. The van der Waals surface area contributed by atoms with Crippen molar-refractivity contribution in [3.8, 4) is 5.75 Å². The highest BCUT2D eigenvalue weighted by molar-refractivity contribution is 6.30. The number of amides is 1. The monoisotopic (exact) mass is 361 g/mol. The molecule has 0 fully saturated rings. The van der Waals surface area contributed by atoms with Gasteiger partial charge in [-0.1, -0.05) is 35.9 Å². The van der Waals surface area contributed by atoms with Gasteiger partial charge in [0.2, 0.25) is 5.91 Å². The van der Waals surface area contributed by atoms with E-state index in [1.807, 2.05) is 31.2 Å². The quantitative estimate of drug-likeness (QED) is 0.756. The first-order valence-corrected chi connectivity index (χ1v) is 8.30. The molecule has 1 atom stereocenters. The maximum absolute atomic E-state index is 12.2. The Hall–Kier alpha value is -2.53. The molecule has 0 aliphatic carbocycles. The Kier molecular flexibility index (Phi) is 6.83. The molecule has 0 spiro atoms. The second-order valence-corrected chi connectivity index (χ2v) is 6.08. The van der Waals surface area contributed by atoms with Crippen LogP contribution in [0.2, 0.25) is 5.02 Å². The molecule has 1 unspecified atom stereocenters. The molecule has 2 aromatic rings. The van der Waals surface area contributed by atoms with Crippen LogP contribution < -0.4 is 10.1 Å². The molecule has 2 N–H and O–H groups in total. The van der Waals surface area contributed by atoms with Gasteiger partial charge in [0.05, 0.1) is 5.92 Å². The van der Waals surface area contributed by atoms with Crippen LogP contribution in [0.1, 0.15) is 24.0 Å². The highest BCUT2D eigenvalue weighted by Gasteiger charge is 2.14. The number of ether oxygens (including phenoxy) is 1. The molecule has 0 aromatic heterocycles. The van der Waals surface area contributed by atoms with Crippen molar-refractivity contribution in [2.75, 3.05) is 13.2 Å². The van der Waals surface area contributed by atoms with Crippen molar-refractivity contribution < 1.29 is 19.4 Å². The Morgan fingerprint density at radius 2 is 1.92 bits per heavy atom. The molecule has 0 radical (unpaired) electrons. The number of hydrogen-bond donors (Lipinski definition) is 2. The first-order valence-electron chi connectivity index (χ1n) is 7.92. The molecule has 0 aliphatic rings. The van der Waals surface area contributed by atoms with Gasteiger partial charge in [0.1, 0.15) is 5.75 Å². The van der Waals surface area contributed by atoms with Crippen LogP contribution in [0.25, 0.3) is 0 Å². The fraction of sp³-hybridized carbons (Fsp3) is 0.263. The zero-order valence-corrected chi connectivity index (χ0v) is 14.6. The molecule has 0 bridgehead atoms. The lowest BCUT2D eigenvalue weighted by molar-refractivity contribution is -0.139. The number of nitrogens with one attached hydrogen (secondary N) is 1. The summed E-state index contributed by atoms with van der Waals surface area (Å²) in [6, 6.07) is 14.4. The van der Waals surface area contributed by atoms with Crippen LogP contribution in [0, 0.1) is 0 Å². The van der Waals surface area contributed by atoms with E-state index in [1.165, 1.54) is 0 Å². The molecule has 2 rings (SSSR count). The first kappa shape index (κ1) is 18.8. The third-order valence-electron chi connectivity index (χ3n) is 3.74. The number of aliphatic carboxylic acids is 1. The minimum atomic E-state index is -1.01. The van der Waals surface area contributed by atoms with Crippen LogP contribution in [0.4, 0.5) is 0 Å². The highest BCUT2D eigenvalue weighted by Crippen LogP contribution is 2.19. The third-order valence-corrected chi connectivity index (χ3v) is 3.98. The SMILES string of the molecule is CC(C(=O)NCCc1ccc(OCC(=O)O)cc1)c1cccc(Cl)c1. The molecule has 0 aliphatic heterocycles. The average molecular weight is 362 g/mol. The molecule has 0 heterocycles. The number of benzene rings is 2. The molecule has 132 valence electrons. The highest BCUT2D eigenvalue weighted by atomic mass is 35.5. The van der Waals surface area contributed by atoms with Crippen LogP contribution in [0.5, 0.6) is 5.75 Å². The summed E-state index contributed by atoms with van der Waals surface area (Å²) in [7, 11) is 0. The molecule has 6 heteroatoms. The summed E-state index contributed by atoms with van der Waals surface area (Å²) < 4.78 is 5.08. The lowest BCUT2D eigenvalue weighted by Crippen LogP contribution is -2.29. The van der Waals surface area contributed by atoms with Gasteiger partial charge in [-0.3, -0.25) is 4.79 Å². The number of carboxylic acid groups (broad SMARTS) is 1. The largest absolute Gasteiger partial charge is 0.482 e. The van der Waals surface area contributed by atoms with Gasteiger partial charge in [-0.15, -0.1) is 0 Å². The summed E-state index contributed by atoms with van der Waals surface area (Å²) >= 11 is 5.96. The molecule has 0 saturated heterocycles. The van der Waals surface area contributed by atoms with Crippen molar-refractivity contribution in [3.63, 3.8) is 0 Å². The van der Waals surface area contributed by atoms with E-state index in [2.05, 4.69) is 5.32 Å². The van der Waals surface area contributed by atoms with E-state index in [-0.39, 0.29) is 18.4 Å². The van der Waals surface area contributed by atoms with Crippen LogP contribution >= 0.6 is 11.6 Å². The lowest BCUT2D eigenvalue weighted by Gasteiger charge is -2.13. The number of hydrogen-bond acceptors (Lipinski definition) is 3. The predicted molar refractivity (Wildman–Crippen MR) is 96.2 cm³/mol.